The molecule has 2 heteroatoms. The molecule has 0 bridgehead atoms. The van der Waals surface area contributed by atoms with Crippen molar-refractivity contribution in [3.8, 4) is 0 Å². The van der Waals surface area contributed by atoms with E-state index in [0.29, 0.717) is 6.04 Å². The average Bonchev–Trinajstić information content (AvgIpc) is 1.86. The van der Waals surface area contributed by atoms with Crippen molar-refractivity contribution in [1.82, 2.24) is 5.32 Å². The van der Waals surface area contributed by atoms with Crippen LogP contribution in [0.2, 0.25) is 0 Å². The van der Waals surface area contributed by atoms with Crippen molar-refractivity contribution in [2.24, 2.45) is 4.99 Å². The normalized spacial score (nSPS) is 22.9. The van der Waals surface area contributed by atoms with Gasteiger partial charge in [0.15, 0.2) is 0 Å². The summed E-state index contributed by atoms with van der Waals surface area (Å²) in [5.74, 6) is 0. The van der Waals surface area contributed by atoms with Gasteiger partial charge >= 0.3 is 0 Å². The van der Waals surface area contributed by atoms with Gasteiger partial charge in [0.25, 0.3) is 0 Å². The van der Waals surface area contributed by atoms with Gasteiger partial charge in [0.1, 0.15) is 0 Å². The summed E-state index contributed by atoms with van der Waals surface area (Å²) in [4.78, 5) is 3.93. The molecule has 0 aliphatic carbocycles. The molecular weight excluding hydrogens is 100 g/mol. The molecule has 0 aromatic rings. The van der Waals surface area contributed by atoms with E-state index in [0.717, 1.165) is 6.54 Å². The van der Waals surface area contributed by atoms with Crippen molar-refractivity contribution >= 4 is 6.34 Å². The maximum atomic E-state index is 3.93. The van der Waals surface area contributed by atoms with Crippen LogP contribution in [0, 0.1) is 0 Å². The minimum absolute atomic E-state index is 0. The molecule has 1 unspecified atom stereocenters. The molecule has 2 nitrogen and oxygen atoms in total. The van der Waals surface area contributed by atoms with E-state index in [-0.39, 0.29) is 14.9 Å². The van der Waals surface area contributed by atoms with Gasteiger partial charge in [-0.25, -0.2) is 0 Å². The molecule has 1 heterocycles. The zero-order valence-corrected chi connectivity index (χ0v) is 3.81. The smallest absolute Gasteiger partial charge is 0.0827 e. The number of nitrogens with zero attached hydrogens (tertiary/aromatic N) is 1. The molecule has 1 aliphatic rings. The third-order valence-corrected chi connectivity index (χ3v) is 0.830. The number of hydrogen-bond acceptors (Lipinski definition) is 2. The van der Waals surface area contributed by atoms with Gasteiger partial charge in [-0.15, -0.1) is 0 Å². The summed E-state index contributed by atoms with van der Waals surface area (Å²) < 4.78 is 0. The molecular formula is C6H16N2. The predicted molar refractivity (Wildman–Crippen MR) is 39.4 cm³/mol. The average molecular weight is 116 g/mol. The first-order valence-electron chi connectivity index (χ1n) is 2.14. The van der Waals surface area contributed by atoms with Crippen LogP contribution in [-0.4, -0.2) is 18.9 Å². The summed E-state index contributed by atoms with van der Waals surface area (Å²) in [5, 5.41) is 3.03. The van der Waals surface area contributed by atoms with Gasteiger partial charge < -0.3 is 5.32 Å². The highest BCUT2D eigenvalue weighted by Gasteiger charge is 1.98. The van der Waals surface area contributed by atoms with Crippen molar-refractivity contribution in [2.45, 2.75) is 27.8 Å². The first kappa shape index (κ1) is 10.5. The van der Waals surface area contributed by atoms with E-state index in [1.165, 1.54) is 0 Å². The second-order valence-electron chi connectivity index (χ2n) is 1.56. The van der Waals surface area contributed by atoms with E-state index < -0.39 is 0 Å². The van der Waals surface area contributed by atoms with Gasteiger partial charge in [-0.1, -0.05) is 14.9 Å². The Bertz CT molecular complexity index is 60.9. The molecule has 0 radical (unpaired) electrons. The lowest BCUT2D eigenvalue weighted by Crippen LogP contribution is -2.19. The lowest BCUT2D eigenvalue weighted by atomic mass is 10.4. The van der Waals surface area contributed by atoms with Crippen molar-refractivity contribution in [1.29, 1.82) is 0 Å². The van der Waals surface area contributed by atoms with E-state index in [2.05, 4.69) is 17.2 Å². The second kappa shape index (κ2) is 4.62. The molecule has 1 atom stereocenters. The van der Waals surface area contributed by atoms with E-state index >= 15 is 0 Å². The van der Waals surface area contributed by atoms with Crippen LogP contribution < -0.4 is 5.32 Å². The molecule has 0 aromatic carbocycles. The summed E-state index contributed by atoms with van der Waals surface area (Å²) in [6.45, 7) is 3.05. The van der Waals surface area contributed by atoms with E-state index in [1.54, 1.807) is 6.34 Å². The topological polar surface area (TPSA) is 24.4 Å². The van der Waals surface area contributed by atoms with E-state index in [1.807, 2.05) is 0 Å². The predicted octanol–water partition coefficient (Wildman–Crippen LogP) is 1.28. The van der Waals surface area contributed by atoms with E-state index in [4.69, 9.17) is 0 Å². The Hall–Kier alpha value is -0.530. The highest BCUT2D eigenvalue weighted by molar-refractivity contribution is 5.56. The quantitative estimate of drug-likeness (QED) is 0.506. The van der Waals surface area contributed by atoms with Crippen molar-refractivity contribution in [3.05, 3.63) is 0 Å². The van der Waals surface area contributed by atoms with Crippen LogP contribution >= 0.6 is 0 Å². The molecule has 0 saturated heterocycles. The fourth-order valence-electron chi connectivity index (χ4n) is 0.443. The molecule has 50 valence electrons. The van der Waals surface area contributed by atoms with Gasteiger partial charge in [0.2, 0.25) is 0 Å². The van der Waals surface area contributed by atoms with Gasteiger partial charge in [0, 0.05) is 6.04 Å². The molecule has 0 fully saturated rings. The van der Waals surface area contributed by atoms with Crippen LogP contribution in [-0.2, 0) is 0 Å². The number of nitrogens with one attached hydrogen (secondary N) is 1. The highest BCUT2D eigenvalue weighted by Crippen LogP contribution is 1.84. The highest BCUT2D eigenvalue weighted by atomic mass is 15.0. The molecule has 1 N–H and O–H groups in total. The molecule has 0 saturated carbocycles. The third kappa shape index (κ3) is 2.61. The maximum absolute atomic E-state index is 3.93. The zero-order valence-electron chi connectivity index (χ0n) is 3.81. The Labute approximate surface area is 52.0 Å². The van der Waals surface area contributed by atoms with Crippen molar-refractivity contribution in [2.75, 3.05) is 6.54 Å². The van der Waals surface area contributed by atoms with Crippen LogP contribution in [0.25, 0.3) is 0 Å². The molecule has 0 aromatic heterocycles. The first-order chi connectivity index (χ1) is 2.89. The zero-order chi connectivity index (χ0) is 4.41. The number of rotatable bonds is 0. The summed E-state index contributed by atoms with van der Waals surface area (Å²) >= 11 is 0. The van der Waals surface area contributed by atoms with Crippen LogP contribution in [0.4, 0.5) is 0 Å². The fraction of sp³-hybridized carbons (Fsp3) is 0.833. The monoisotopic (exact) mass is 116 g/mol. The minimum atomic E-state index is 0. The Balaban J connectivity index is 0. The minimum Gasteiger partial charge on any atom is -0.372 e. The number of hydrogen-bond donors (Lipinski definition) is 1. The fourth-order valence-corrected chi connectivity index (χ4v) is 0.443. The summed E-state index contributed by atoms with van der Waals surface area (Å²) in [7, 11) is 0. The molecule has 1 rings (SSSR count). The maximum Gasteiger partial charge on any atom is 0.0827 e. The Morgan fingerprint density at radius 1 is 1.62 bits per heavy atom. The summed E-state index contributed by atoms with van der Waals surface area (Å²) in [5.41, 5.74) is 0. The number of aliphatic imine (C=N–C) groups is 1. The van der Waals surface area contributed by atoms with Crippen LogP contribution in [0.3, 0.4) is 0 Å². The third-order valence-electron chi connectivity index (χ3n) is 0.830. The van der Waals surface area contributed by atoms with Crippen molar-refractivity contribution in [3.63, 3.8) is 0 Å². The molecule has 1 aliphatic heterocycles. The van der Waals surface area contributed by atoms with E-state index in [9.17, 15) is 0 Å². The lowest BCUT2D eigenvalue weighted by molar-refractivity contribution is 0.729. The standard InChI is InChI=1S/C4H8N2.2CH4/c1-4-2-5-3-6-4;;/h3-4H,2H2,1H3,(H,5,6);2*1H4. The second-order valence-corrected chi connectivity index (χ2v) is 1.56. The van der Waals surface area contributed by atoms with Gasteiger partial charge in [-0.2, -0.15) is 0 Å². The van der Waals surface area contributed by atoms with Gasteiger partial charge in [-0.05, 0) is 6.92 Å². The van der Waals surface area contributed by atoms with Crippen LogP contribution in [0.5, 0.6) is 0 Å². The van der Waals surface area contributed by atoms with Crippen LogP contribution in [0.1, 0.15) is 21.8 Å². The van der Waals surface area contributed by atoms with Gasteiger partial charge in [0.05, 0.1) is 12.9 Å². The lowest BCUT2D eigenvalue weighted by Gasteiger charge is -1.94. The van der Waals surface area contributed by atoms with Crippen LogP contribution in [0.15, 0.2) is 4.99 Å². The van der Waals surface area contributed by atoms with Crippen molar-refractivity contribution < 1.29 is 0 Å². The van der Waals surface area contributed by atoms with Gasteiger partial charge in [-0.3, -0.25) is 4.99 Å². The molecule has 8 heavy (non-hydrogen) atoms. The SMILES string of the molecule is C.C.CC1CN=CN1. The Morgan fingerprint density at radius 2 is 2.25 bits per heavy atom. The molecule has 0 spiro atoms. The Kier molecular flexibility index (Phi) is 6.04. The molecule has 0 amide bonds. The summed E-state index contributed by atoms with van der Waals surface area (Å²) in [6, 6.07) is 0.574. The Morgan fingerprint density at radius 3 is 2.38 bits per heavy atom. The summed E-state index contributed by atoms with van der Waals surface area (Å²) in [6.07, 6.45) is 1.75. The first-order valence-corrected chi connectivity index (χ1v) is 2.14. The largest absolute Gasteiger partial charge is 0.372 e.